The normalized spacial score (nSPS) is 12.4. The molecule has 0 aliphatic rings. The number of anilines is 1. The predicted molar refractivity (Wildman–Crippen MR) is 73.4 cm³/mol. The molecule has 1 atom stereocenters. The average molecular weight is 277 g/mol. The van der Waals surface area contributed by atoms with E-state index in [0.29, 0.717) is 18.4 Å². The van der Waals surface area contributed by atoms with Gasteiger partial charge in [0.25, 0.3) is 0 Å². The highest BCUT2D eigenvalue weighted by Gasteiger charge is 2.21. The Balaban J connectivity index is 3.08. The SMILES string of the molecule is C#CCC(CC)NS(=O)(=O)c1ccc(C#N)cc1N. The molecule has 5 nitrogen and oxygen atoms in total. The summed E-state index contributed by atoms with van der Waals surface area (Å²) in [6.45, 7) is 1.84. The van der Waals surface area contributed by atoms with E-state index in [1.54, 1.807) is 0 Å². The fourth-order valence-electron chi connectivity index (χ4n) is 1.56. The summed E-state index contributed by atoms with van der Waals surface area (Å²) in [7, 11) is -3.73. The van der Waals surface area contributed by atoms with Crippen molar-refractivity contribution >= 4 is 15.7 Å². The molecule has 1 aromatic carbocycles. The van der Waals surface area contributed by atoms with E-state index in [9.17, 15) is 8.42 Å². The maximum atomic E-state index is 12.2. The van der Waals surface area contributed by atoms with Gasteiger partial charge in [-0.15, -0.1) is 12.3 Å². The van der Waals surface area contributed by atoms with Crippen LogP contribution < -0.4 is 10.5 Å². The molecule has 1 aromatic rings. The van der Waals surface area contributed by atoms with Crippen LogP contribution in [-0.4, -0.2) is 14.5 Å². The minimum atomic E-state index is -3.73. The van der Waals surface area contributed by atoms with E-state index >= 15 is 0 Å². The molecule has 1 rings (SSSR count). The van der Waals surface area contributed by atoms with Crippen LogP contribution in [0, 0.1) is 23.7 Å². The molecule has 1 unspecified atom stereocenters. The van der Waals surface area contributed by atoms with Crippen molar-refractivity contribution in [3.05, 3.63) is 23.8 Å². The zero-order valence-corrected chi connectivity index (χ0v) is 11.4. The Hall–Kier alpha value is -2.02. The molecule has 0 aromatic heterocycles. The van der Waals surface area contributed by atoms with Crippen molar-refractivity contribution in [1.82, 2.24) is 4.72 Å². The first kappa shape index (κ1) is 15.0. The van der Waals surface area contributed by atoms with Crippen LogP contribution >= 0.6 is 0 Å². The minimum absolute atomic E-state index is 0.0398. The molecule has 3 N–H and O–H groups in total. The summed E-state index contributed by atoms with van der Waals surface area (Å²) in [5, 5.41) is 8.72. The van der Waals surface area contributed by atoms with Gasteiger partial charge in [-0.2, -0.15) is 5.26 Å². The van der Waals surface area contributed by atoms with Crippen molar-refractivity contribution in [2.75, 3.05) is 5.73 Å². The van der Waals surface area contributed by atoms with E-state index in [4.69, 9.17) is 17.4 Å². The standard InChI is InChI=1S/C13H15N3O2S/c1-3-5-11(4-2)16-19(17,18)13-7-6-10(9-14)8-12(13)15/h1,6-8,11,16H,4-5,15H2,2H3. The van der Waals surface area contributed by atoms with E-state index in [1.165, 1.54) is 18.2 Å². The second-order valence-electron chi connectivity index (χ2n) is 4.00. The second kappa shape index (κ2) is 6.24. The van der Waals surface area contributed by atoms with Gasteiger partial charge >= 0.3 is 0 Å². The number of terminal acetylenes is 1. The Bertz CT molecular complexity index is 639. The third-order valence-electron chi connectivity index (χ3n) is 2.61. The number of sulfonamides is 1. The molecule has 0 fully saturated rings. The third kappa shape index (κ3) is 3.72. The summed E-state index contributed by atoms with van der Waals surface area (Å²) < 4.78 is 26.8. The fraction of sp³-hybridized carbons (Fsp3) is 0.308. The third-order valence-corrected chi connectivity index (χ3v) is 4.20. The summed E-state index contributed by atoms with van der Waals surface area (Å²) in [5.41, 5.74) is 6.02. The van der Waals surface area contributed by atoms with Gasteiger partial charge in [-0.3, -0.25) is 0 Å². The van der Waals surface area contributed by atoms with E-state index < -0.39 is 10.0 Å². The smallest absolute Gasteiger partial charge is 0.242 e. The summed E-state index contributed by atoms with van der Waals surface area (Å²) >= 11 is 0. The van der Waals surface area contributed by atoms with E-state index in [2.05, 4.69) is 10.6 Å². The van der Waals surface area contributed by atoms with Crippen LogP contribution in [0.3, 0.4) is 0 Å². The number of nitriles is 1. The molecule has 6 heteroatoms. The van der Waals surface area contributed by atoms with Gasteiger partial charge in [0.1, 0.15) is 4.90 Å². The molecule has 100 valence electrons. The Morgan fingerprint density at radius 1 is 1.53 bits per heavy atom. The van der Waals surface area contributed by atoms with Gasteiger partial charge in [0.2, 0.25) is 10.0 Å². The number of hydrogen-bond donors (Lipinski definition) is 2. The number of nitrogens with two attached hydrogens (primary N) is 1. The topological polar surface area (TPSA) is 96.0 Å². The monoisotopic (exact) mass is 277 g/mol. The van der Waals surface area contributed by atoms with Gasteiger partial charge in [0.15, 0.2) is 0 Å². The largest absolute Gasteiger partial charge is 0.398 e. The molecular formula is C13H15N3O2S. The van der Waals surface area contributed by atoms with Gasteiger partial charge in [0.05, 0.1) is 17.3 Å². The first-order valence-corrected chi connectivity index (χ1v) is 7.18. The van der Waals surface area contributed by atoms with Gasteiger partial charge in [-0.25, -0.2) is 13.1 Å². The van der Waals surface area contributed by atoms with E-state index in [1.807, 2.05) is 13.0 Å². The first-order chi connectivity index (χ1) is 8.94. The number of nitrogen functional groups attached to an aromatic ring is 1. The molecular weight excluding hydrogens is 262 g/mol. The number of nitrogens with zero attached hydrogens (tertiary/aromatic N) is 1. The molecule has 0 heterocycles. The van der Waals surface area contributed by atoms with Gasteiger partial charge in [-0.1, -0.05) is 6.92 Å². The van der Waals surface area contributed by atoms with Crippen LogP contribution in [0.2, 0.25) is 0 Å². The number of hydrogen-bond acceptors (Lipinski definition) is 4. The highest BCUT2D eigenvalue weighted by atomic mass is 32.2. The van der Waals surface area contributed by atoms with Gasteiger partial charge in [0, 0.05) is 12.5 Å². The molecule has 0 amide bonds. The number of rotatable bonds is 5. The second-order valence-corrected chi connectivity index (χ2v) is 5.68. The number of benzene rings is 1. The van der Waals surface area contributed by atoms with Crippen molar-refractivity contribution < 1.29 is 8.42 Å². The molecule has 0 bridgehead atoms. The highest BCUT2D eigenvalue weighted by Crippen LogP contribution is 2.20. The molecule has 0 aliphatic carbocycles. The van der Waals surface area contributed by atoms with Crippen LogP contribution in [0.5, 0.6) is 0 Å². The molecule has 19 heavy (non-hydrogen) atoms. The van der Waals surface area contributed by atoms with Gasteiger partial charge < -0.3 is 5.73 Å². The Morgan fingerprint density at radius 2 is 2.21 bits per heavy atom. The summed E-state index contributed by atoms with van der Waals surface area (Å²) in [4.78, 5) is -0.0398. The Kier molecular flexibility index (Phi) is 4.94. The minimum Gasteiger partial charge on any atom is -0.398 e. The average Bonchev–Trinajstić information content (AvgIpc) is 2.37. The van der Waals surface area contributed by atoms with Crippen molar-refractivity contribution in [1.29, 1.82) is 5.26 Å². The lowest BCUT2D eigenvalue weighted by Gasteiger charge is -2.15. The Morgan fingerprint density at radius 3 is 2.68 bits per heavy atom. The summed E-state index contributed by atoms with van der Waals surface area (Å²) in [6, 6.07) is 5.63. The van der Waals surface area contributed by atoms with Crippen LogP contribution in [0.1, 0.15) is 25.3 Å². The summed E-state index contributed by atoms with van der Waals surface area (Å²) in [5.74, 6) is 2.42. The maximum Gasteiger partial charge on any atom is 0.242 e. The van der Waals surface area contributed by atoms with E-state index in [0.717, 1.165) is 0 Å². The van der Waals surface area contributed by atoms with Crippen LogP contribution in [0.4, 0.5) is 5.69 Å². The lowest BCUT2D eigenvalue weighted by Crippen LogP contribution is -2.34. The lowest BCUT2D eigenvalue weighted by molar-refractivity contribution is 0.544. The zero-order chi connectivity index (χ0) is 14.5. The maximum absolute atomic E-state index is 12.2. The van der Waals surface area contributed by atoms with E-state index in [-0.39, 0.29) is 16.6 Å². The highest BCUT2D eigenvalue weighted by molar-refractivity contribution is 7.89. The van der Waals surface area contributed by atoms with Crippen LogP contribution in [0.25, 0.3) is 0 Å². The fourth-order valence-corrected chi connectivity index (χ4v) is 2.99. The van der Waals surface area contributed by atoms with Crippen LogP contribution in [-0.2, 0) is 10.0 Å². The molecule has 0 radical (unpaired) electrons. The predicted octanol–water partition coefficient (Wildman–Crippen LogP) is 1.22. The summed E-state index contributed by atoms with van der Waals surface area (Å²) in [6.07, 6.45) is 6.08. The first-order valence-electron chi connectivity index (χ1n) is 5.70. The van der Waals surface area contributed by atoms with Crippen LogP contribution in [0.15, 0.2) is 23.1 Å². The quantitative estimate of drug-likeness (QED) is 0.624. The molecule has 0 saturated carbocycles. The zero-order valence-electron chi connectivity index (χ0n) is 10.6. The lowest BCUT2D eigenvalue weighted by atomic mass is 10.2. The van der Waals surface area contributed by atoms with Gasteiger partial charge in [-0.05, 0) is 24.6 Å². The van der Waals surface area contributed by atoms with Crippen molar-refractivity contribution in [2.45, 2.75) is 30.7 Å². The number of nitrogens with one attached hydrogen (secondary N) is 1. The Labute approximate surface area is 113 Å². The molecule has 0 aliphatic heterocycles. The van der Waals surface area contributed by atoms with Crippen molar-refractivity contribution in [3.8, 4) is 18.4 Å². The molecule has 0 saturated heterocycles. The molecule has 0 spiro atoms. The van der Waals surface area contributed by atoms with Crippen molar-refractivity contribution in [3.63, 3.8) is 0 Å². The van der Waals surface area contributed by atoms with Crippen molar-refractivity contribution in [2.24, 2.45) is 0 Å².